The number of benzene rings is 3. The molecule has 402 valence electrons. The van der Waals surface area contributed by atoms with Crippen molar-refractivity contribution < 1.29 is 75.8 Å². The Balaban J connectivity index is 0.000000549. The fraction of sp³-hybridized carbons (Fsp3) is 0.474. The molecule has 0 heterocycles. The molecule has 73 heavy (non-hydrogen) atoms. The zero-order chi connectivity index (χ0) is 55.0. The highest BCUT2D eigenvalue weighted by molar-refractivity contribution is 5.88. The van der Waals surface area contributed by atoms with Gasteiger partial charge in [-0.1, -0.05) is 51.1 Å². The van der Waals surface area contributed by atoms with Crippen molar-refractivity contribution in [2.24, 2.45) is 16.2 Å². The first-order valence-electron chi connectivity index (χ1n) is 24.3. The molecule has 0 aliphatic carbocycles. The quantitative estimate of drug-likeness (QED) is 0.0320. The molecule has 0 saturated heterocycles. The SMILES string of the molecule is CCC(C)(C)C(=O)OCCOC(=O)/C=C/c1ccc(C)c(F)c1.CCOc1ccc(/C=C/C(=O)OCCOC(=O)C(C)(C)CC)cc1.CCOc1ccc(/C=C/C(=O)OCCOC(=O)C(C)(C)CC)cc1OC. The van der Waals surface area contributed by atoms with E-state index in [0.29, 0.717) is 55.1 Å². The maximum Gasteiger partial charge on any atom is 0.330 e. The molecule has 0 N–H and O–H groups in total. The molecule has 0 saturated carbocycles. The maximum absolute atomic E-state index is 13.4. The van der Waals surface area contributed by atoms with Crippen molar-refractivity contribution in [3.05, 3.63) is 107 Å². The minimum Gasteiger partial charge on any atom is -0.494 e. The predicted molar refractivity (Wildman–Crippen MR) is 278 cm³/mol. The summed E-state index contributed by atoms with van der Waals surface area (Å²) < 4.78 is 59.6. The molecule has 0 spiro atoms. The molecule has 16 heteroatoms. The third kappa shape index (κ3) is 25.8. The van der Waals surface area contributed by atoms with Gasteiger partial charge in [-0.05, 0) is 152 Å². The van der Waals surface area contributed by atoms with Crippen LogP contribution in [-0.4, -0.2) is 95.8 Å². The first-order chi connectivity index (χ1) is 34.5. The lowest BCUT2D eigenvalue weighted by molar-refractivity contribution is -0.158. The number of carbonyl (C=O) groups is 6. The van der Waals surface area contributed by atoms with Gasteiger partial charge in [-0.15, -0.1) is 0 Å². The summed E-state index contributed by atoms with van der Waals surface area (Å²) in [6.45, 7) is 23.4. The Bertz CT molecular complexity index is 2290. The number of esters is 6. The molecule has 0 fully saturated rings. The van der Waals surface area contributed by atoms with E-state index < -0.39 is 34.2 Å². The van der Waals surface area contributed by atoms with Gasteiger partial charge in [-0.2, -0.15) is 0 Å². The molecule has 0 atom stereocenters. The van der Waals surface area contributed by atoms with Crippen LogP contribution in [0.4, 0.5) is 4.39 Å². The predicted octanol–water partition coefficient (Wildman–Crippen LogP) is 10.9. The first kappa shape index (κ1) is 64.0. The number of methoxy groups -OCH3 is 1. The number of ether oxygens (including phenoxy) is 9. The Kier molecular flexibility index (Phi) is 29.5. The highest BCUT2D eigenvalue weighted by Gasteiger charge is 2.28. The summed E-state index contributed by atoms with van der Waals surface area (Å²) in [6, 6.07) is 17.4. The van der Waals surface area contributed by atoms with E-state index in [1.54, 1.807) is 64.3 Å². The molecule has 3 rings (SSSR count). The number of halogens is 1. The van der Waals surface area contributed by atoms with Crippen LogP contribution in [0.3, 0.4) is 0 Å². The average molecular weight is 1020 g/mol. The van der Waals surface area contributed by atoms with Gasteiger partial charge in [-0.3, -0.25) is 14.4 Å². The summed E-state index contributed by atoms with van der Waals surface area (Å²) in [5.41, 5.74) is 1.17. The van der Waals surface area contributed by atoms with Crippen molar-refractivity contribution in [1.29, 1.82) is 0 Å². The Morgan fingerprint density at radius 3 is 1.19 bits per heavy atom. The van der Waals surface area contributed by atoms with Gasteiger partial charge in [0.2, 0.25) is 0 Å². The lowest BCUT2D eigenvalue weighted by Crippen LogP contribution is -2.27. The van der Waals surface area contributed by atoms with E-state index in [-0.39, 0.29) is 63.4 Å². The van der Waals surface area contributed by atoms with Crippen LogP contribution in [0.25, 0.3) is 18.2 Å². The summed E-state index contributed by atoms with van der Waals surface area (Å²) in [4.78, 5) is 70.1. The van der Waals surface area contributed by atoms with Crippen LogP contribution in [0.15, 0.2) is 78.9 Å². The van der Waals surface area contributed by atoms with Gasteiger partial charge in [-0.25, -0.2) is 18.8 Å². The lowest BCUT2D eigenvalue weighted by atomic mass is 9.91. The Morgan fingerprint density at radius 2 is 0.822 bits per heavy atom. The number of hydrogen-bond donors (Lipinski definition) is 0. The molecule has 0 radical (unpaired) electrons. The molecular formula is C57H77FO15. The normalized spacial score (nSPS) is 11.4. The van der Waals surface area contributed by atoms with Crippen LogP contribution in [-0.2, 0) is 57.2 Å². The topological polar surface area (TPSA) is 185 Å². The van der Waals surface area contributed by atoms with Crippen molar-refractivity contribution in [3.63, 3.8) is 0 Å². The smallest absolute Gasteiger partial charge is 0.330 e. The van der Waals surface area contributed by atoms with Crippen LogP contribution >= 0.6 is 0 Å². The minimum atomic E-state index is -0.572. The van der Waals surface area contributed by atoms with E-state index in [1.807, 2.05) is 92.6 Å². The standard InChI is InChI=1S/C20H28O6.C19H26O5.C18H23FO4/c1-6-20(3,4)19(22)26-13-12-25-18(21)11-9-15-8-10-16(24-7-2)17(14-15)23-5;1-5-19(3,4)18(21)24-14-13-23-17(20)12-9-15-7-10-16(11-8-15)22-6-2;1-5-18(3,4)17(21)23-11-10-22-16(20)9-8-14-7-6-13(2)15(19)12-14/h8-11,14H,6-7,12-13H2,1-5H3;7-12H,5-6,13-14H2,1-4H3;6-9,12H,5,10-11H2,1-4H3/b11-9+;12-9+;9-8+. The summed E-state index contributed by atoms with van der Waals surface area (Å²) >= 11 is 0. The Morgan fingerprint density at radius 1 is 0.466 bits per heavy atom. The zero-order valence-electron chi connectivity index (χ0n) is 45.0. The highest BCUT2D eigenvalue weighted by atomic mass is 19.1. The number of aryl methyl sites for hydroxylation is 1. The van der Waals surface area contributed by atoms with Crippen LogP contribution in [0, 0.1) is 29.0 Å². The molecule has 0 bridgehead atoms. The number of carbonyl (C=O) groups excluding carboxylic acids is 6. The summed E-state index contributed by atoms with van der Waals surface area (Å²) in [5.74, 6) is -0.768. The molecule has 0 amide bonds. The zero-order valence-corrected chi connectivity index (χ0v) is 45.0. The van der Waals surface area contributed by atoms with Crippen LogP contribution in [0.5, 0.6) is 17.2 Å². The second kappa shape index (κ2) is 33.6. The molecular weight excluding hydrogens is 944 g/mol. The fourth-order valence-electron chi connectivity index (χ4n) is 5.10. The van der Waals surface area contributed by atoms with Crippen molar-refractivity contribution in [1.82, 2.24) is 0 Å². The van der Waals surface area contributed by atoms with Gasteiger partial charge in [0, 0.05) is 18.2 Å². The number of rotatable bonds is 26. The lowest BCUT2D eigenvalue weighted by Gasteiger charge is -2.20. The third-order valence-corrected chi connectivity index (χ3v) is 11.1. The second-order valence-corrected chi connectivity index (χ2v) is 18.0. The molecule has 0 aromatic heterocycles. The monoisotopic (exact) mass is 1020 g/mol. The van der Waals surface area contributed by atoms with Crippen LogP contribution in [0.1, 0.15) is 118 Å². The summed E-state index contributed by atoms with van der Waals surface area (Å²) in [5, 5.41) is 0. The van der Waals surface area contributed by atoms with Gasteiger partial charge in [0.15, 0.2) is 11.5 Å². The molecule has 0 aliphatic heterocycles. The van der Waals surface area contributed by atoms with Gasteiger partial charge in [0.05, 0.1) is 36.6 Å². The first-order valence-corrected chi connectivity index (χ1v) is 24.3. The van der Waals surface area contributed by atoms with E-state index in [1.165, 1.54) is 30.4 Å². The van der Waals surface area contributed by atoms with E-state index in [9.17, 15) is 33.2 Å². The van der Waals surface area contributed by atoms with Gasteiger partial charge in [0.25, 0.3) is 0 Å². The molecule has 3 aromatic rings. The average Bonchev–Trinajstić information content (AvgIpc) is 3.37. The molecule has 15 nitrogen and oxygen atoms in total. The van der Waals surface area contributed by atoms with Crippen LogP contribution in [0.2, 0.25) is 0 Å². The van der Waals surface area contributed by atoms with E-state index in [0.717, 1.165) is 16.9 Å². The van der Waals surface area contributed by atoms with Gasteiger partial charge >= 0.3 is 35.8 Å². The minimum absolute atomic E-state index is 0.0149. The second-order valence-electron chi connectivity index (χ2n) is 18.0. The van der Waals surface area contributed by atoms with Crippen molar-refractivity contribution in [2.45, 2.75) is 102 Å². The Hall–Kier alpha value is -6.97. The van der Waals surface area contributed by atoms with Crippen molar-refractivity contribution >= 4 is 54.0 Å². The van der Waals surface area contributed by atoms with E-state index >= 15 is 0 Å². The molecule has 0 unspecified atom stereocenters. The summed E-state index contributed by atoms with van der Waals surface area (Å²) in [6.07, 6.45) is 10.6. The highest BCUT2D eigenvalue weighted by Crippen LogP contribution is 2.29. The third-order valence-electron chi connectivity index (χ3n) is 11.1. The fourth-order valence-corrected chi connectivity index (χ4v) is 5.10. The van der Waals surface area contributed by atoms with Gasteiger partial charge < -0.3 is 42.6 Å². The Labute approximate surface area is 431 Å². The number of hydrogen-bond acceptors (Lipinski definition) is 15. The van der Waals surface area contributed by atoms with Crippen molar-refractivity contribution in [2.75, 3.05) is 60.0 Å². The van der Waals surface area contributed by atoms with Gasteiger partial charge in [0.1, 0.15) is 51.2 Å². The van der Waals surface area contributed by atoms with Crippen molar-refractivity contribution in [3.8, 4) is 17.2 Å². The molecule has 3 aromatic carbocycles. The van der Waals surface area contributed by atoms with E-state index in [2.05, 4.69) is 0 Å². The van der Waals surface area contributed by atoms with Crippen LogP contribution < -0.4 is 14.2 Å². The summed E-state index contributed by atoms with van der Waals surface area (Å²) in [7, 11) is 1.56. The molecule has 0 aliphatic rings. The van der Waals surface area contributed by atoms with E-state index in [4.69, 9.17) is 42.6 Å². The largest absolute Gasteiger partial charge is 0.494 e. The maximum atomic E-state index is 13.4.